The third kappa shape index (κ3) is 25.4. The topological polar surface area (TPSA) is 322 Å². The van der Waals surface area contributed by atoms with Crippen LogP contribution in [0.15, 0.2) is 247 Å². The maximum Gasteiger partial charge on any atom is 0.407 e. The fourth-order valence-electron chi connectivity index (χ4n) is 20.7. The lowest BCUT2D eigenvalue weighted by Crippen LogP contribution is -2.52. The van der Waals surface area contributed by atoms with Crippen LogP contribution in [-0.2, 0) is 38.3 Å². The Balaban J connectivity index is 0.000000128. The predicted molar refractivity (Wildman–Crippen MR) is 513 cm³/mol. The number of ether oxygens (including phenoxy) is 7. The van der Waals surface area contributed by atoms with Crippen molar-refractivity contribution in [3.63, 3.8) is 0 Å². The average molecular weight is 1890 g/mol. The van der Waals surface area contributed by atoms with Crippen LogP contribution >= 0.6 is 11.6 Å². The van der Waals surface area contributed by atoms with Crippen LogP contribution in [-0.4, -0.2) is 250 Å². The summed E-state index contributed by atoms with van der Waals surface area (Å²) in [7, 11) is 0. The summed E-state index contributed by atoms with van der Waals surface area (Å²) >= 11 is 5.93. The van der Waals surface area contributed by atoms with E-state index in [9.17, 15) is 52.3 Å². The van der Waals surface area contributed by atoms with Gasteiger partial charge in [-0.2, -0.15) is 0 Å². The number of nitrogens with zero attached hydrogens (tertiary/aromatic N) is 11. The van der Waals surface area contributed by atoms with Gasteiger partial charge in [0, 0.05) is 220 Å². The molecule has 0 radical (unpaired) electrons. The van der Waals surface area contributed by atoms with Crippen molar-refractivity contribution in [3.05, 3.63) is 269 Å². The first-order valence-corrected chi connectivity index (χ1v) is 47.6. The number of Topliss-reactive ketones (excluding diaryl/α,β-unsaturated/α-hetero) is 2. The van der Waals surface area contributed by atoms with Gasteiger partial charge in [-0.1, -0.05) is 112 Å². The summed E-state index contributed by atoms with van der Waals surface area (Å²) in [4.78, 5) is 147. The number of hydrogen-bond donors (Lipinski definition) is 1. The van der Waals surface area contributed by atoms with Crippen molar-refractivity contribution in [2.24, 2.45) is 0 Å². The second-order valence-corrected chi connectivity index (χ2v) is 36.7. The van der Waals surface area contributed by atoms with E-state index >= 15 is 0 Å². The van der Waals surface area contributed by atoms with Gasteiger partial charge in [-0.15, -0.1) is 0 Å². The zero-order chi connectivity index (χ0) is 96.8. The van der Waals surface area contributed by atoms with Crippen LogP contribution in [0.4, 0.5) is 9.18 Å². The summed E-state index contributed by atoms with van der Waals surface area (Å²) in [6.45, 7) is 30.2. The predicted octanol–water partition coefficient (Wildman–Crippen LogP) is 15.3. The van der Waals surface area contributed by atoms with E-state index in [1.54, 1.807) is 63.8 Å². The zero-order valence-electron chi connectivity index (χ0n) is 77.3. The molecule has 16 heterocycles. The van der Waals surface area contributed by atoms with Crippen molar-refractivity contribution in [2.75, 3.05) is 58.9 Å². The molecule has 11 saturated heterocycles. The molecule has 0 saturated carbocycles. The Labute approximate surface area is 803 Å². The van der Waals surface area contributed by atoms with E-state index in [1.165, 1.54) is 71.9 Å². The fraction of sp³-hybridized carbons (Fsp3) is 0.415. The zero-order valence-corrected chi connectivity index (χ0v) is 78.1. The molecule has 8 amide bonds. The van der Waals surface area contributed by atoms with E-state index in [4.69, 9.17) is 44.8 Å². The Morgan fingerprint density at radius 2 is 0.745 bits per heavy atom. The highest BCUT2D eigenvalue weighted by Gasteiger charge is 2.50. The molecule has 3 unspecified atom stereocenters. The number of hydrogen-bond acceptors (Lipinski definition) is 21. The molecule has 4 aromatic carbocycles. The molecule has 3 aromatic heterocycles. The van der Waals surface area contributed by atoms with Gasteiger partial charge in [0.05, 0.1) is 30.5 Å². The van der Waals surface area contributed by atoms with Crippen LogP contribution in [0, 0.1) is 5.82 Å². The minimum absolute atomic E-state index is 0.00987. The number of carbonyl (C=O) groups excluding carboxylic acids is 10. The highest BCUT2D eigenvalue weighted by atomic mass is 35.5. The molecular formula is C106H120ClFN12O17. The van der Waals surface area contributed by atoms with E-state index in [1.807, 2.05) is 86.3 Å². The molecule has 20 rings (SSSR count). The number of ketones is 2. The number of carbonyl (C=O) groups is 10. The number of alkyl carbamates (subject to hydrolysis) is 1. The Morgan fingerprint density at radius 1 is 0.380 bits per heavy atom. The lowest BCUT2D eigenvalue weighted by molar-refractivity contribution is -0.132. The van der Waals surface area contributed by atoms with Crippen LogP contribution < -0.4 is 33.7 Å². The minimum atomic E-state index is -0.570. The standard InChI is InChI=1S/C20H21NO2.C16H16ClNO3.C16H16FNO3.2C15H18N2O2.C14H17N3O2.C10H14N2O3/c1-2-20(22)21-14-12-19(13-15-21)23-18-10-8-17(9-11-18)16-6-4-3-5-7-16;2*1-2-15(20)18-7-5-16(6-8-18)10-13(19)12-9-11(17)3-4-14(12)21-16;2*1-2-15(18)17-11-6-7-12(17)10-13(9-11)19-14-5-3-4-8-16-14;1-2-13(18)17-10-4-5-11(17)9-12(8-10)19-14-15-6-3-7-16-14;1-2-8(13)12-5-3-10(4-6-12)7-11-9(14)15-10/h2-11,19H,1,12-15H2;2*2-4,9H,1,5-8,10H2;2*2-5,8,11-13H,1,6-7,9-10H2;2-3,6-7,10-12H,1,4-5,8-9H2;2H,1,3-7H2,(H,11,14)/t;;;2*11-,12+,13?;10-,11+,12?;. The summed E-state index contributed by atoms with van der Waals surface area (Å²) in [5, 5.41) is 3.19. The molecule has 29 nitrogen and oxygen atoms in total. The second-order valence-electron chi connectivity index (χ2n) is 36.3. The number of likely N-dealkylation sites (tertiary alicyclic amines) is 4. The first-order valence-electron chi connectivity index (χ1n) is 47.2. The van der Waals surface area contributed by atoms with Crippen molar-refractivity contribution in [2.45, 2.75) is 219 Å². The first kappa shape index (κ1) is 99.3. The number of benzene rings is 4. The van der Waals surface area contributed by atoms with Gasteiger partial charge in [0.25, 0.3) is 0 Å². The first-order chi connectivity index (χ1) is 66.3. The molecule has 137 heavy (non-hydrogen) atoms. The normalized spacial score (nSPS) is 23.3. The number of pyridine rings is 2. The van der Waals surface area contributed by atoms with Crippen molar-refractivity contribution in [3.8, 4) is 46.1 Å². The quantitative estimate of drug-likeness (QED) is 0.0878. The van der Waals surface area contributed by atoms with Gasteiger partial charge in [0.15, 0.2) is 11.6 Å². The Kier molecular flexibility index (Phi) is 33.5. The van der Waals surface area contributed by atoms with Gasteiger partial charge in [-0.25, -0.2) is 29.1 Å². The number of nitrogens with one attached hydrogen (secondary N) is 1. The molecule has 11 fully saturated rings. The van der Waals surface area contributed by atoms with Gasteiger partial charge >= 0.3 is 12.1 Å². The number of aromatic nitrogens is 4. The third-order valence-corrected chi connectivity index (χ3v) is 27.9. The van der Waals surface area contributed by atoms with Crippen LogP contribution in [0.3, 0.4) is 0 Å². The highest BCUT2D eigenvalue weighted by molar-refractivity contribution is 6.31. The average Bonchev–Trinajstić information content (AvgIpc) is 1.73. The summed E-state index contributed by atoms with van der Waals surface area (Å²) in [6, 6.07) is 43.0. The molecule has 3 spiro atoms. The number of fused-ring (bicyclic) bond motifs is 8. The van der Waals surface area contributed by atoms with Crippen molar-refractivity contribution in [1.29, 1.82) is 0 Å². The number of piperidine rings is 7. The largest absolute Gasteiger partial charge is 0.490 e. The number of rotatable bonds is 16. The third-order valence-electron chi connectivity index (χ3n) is 27.7. The van der Waals surface area contributed by atoms with Gasteiger partial charge in [0.2, 0.25) is 53.1 Å². The molecule has 31 heteroatoms. The van der Waals surface area contributed by atoms with Crippen LogP contribution in [0.2, 0.25) is 5.02 Å². The minimum Gasteiger partial charge on any atom is -0.490 e. The van der Waals surface area contributed by atoms with Gasteiger partial charge in [-0.3, -0.25) is 43.2 Å². The molecule has 720 valence electrons. The maximum atomic E-state index is 13.2. The van der Waals surface area contributed by atoms with E-state index < -0.39 is 17.0 Å². The lowest BCUT2D eigenvalue weighted by atomic mass is 9.82. The van der Waals surface area contributed by atoms with Crippen LogP contribution in [0.1, 0.15) is 162 Å². The maximum absolute atomic E-state index is 13.2. The van der Waals surface area contributed by atoms with Crippen LogP contribution in [0.25, 0.3) is 11.1 Å². The number of amides is 8. The Bertz CT molecular complexity index is 5130. The van der Waals surface area contributed by atoms with E-state index in [-0.39, 0.29) is 108 Å². The molecule has 6 bridgehead atoms. The van der Waals surface area contributed by atoms with Gasteiger partial charge in [0.1, 0.15) is 64.3 Å². The SMILES string of the molecule is C=CC(=O)N1CCC(Oc2ccc(-c3ccccc3)cc2)CC1.C=CC(=O)N1CCC2(CC1)CC(=O)c1cc(Cl)ccc1O2.C=CC(=O)N1CCC2(CC1)CC(=O)c1cc(F)ccc1O2.C=CC(=O)N1CCC2(CC1)CNC(=O)O2.C=CC(=O)N1[C@@H]2CC[C@H]1CC(Oc1ccccn1)C2.C=CC(=O)N1[C@@H]2CC[C@H]1CC(Oc1ccccn1)C2.C=CC(=O)N1[C@@H]2CC[C@H]1CC(Oc1ncccn1)C2. The van der Waals surface area contributed by atoms with Crippen LogP contribution in [0.5, 0.6) is 35.0 Å². The monoisotopic (exact) mass is 1890 g/mol. The molecule has 13 aliphatic heterocycles. The van der Waals surface area contributed by atoms with E-state index in [0.717, 1.165) is 109 Å². The Hall–Kier alpha value is -13.6. The smallest absolute Gasteiger partial charge is 0.407 e. The summed E-state index contributed by atoms with van der Waals surface area (Å²) in [5.74, 6) is 2.75. The summed E-state index contributed by atoms with van der Waals surface area (Å²) < 4.78 is 54.3. The number of halogens is 2. The van der Waals surface area contributed by atoms with E-state index in [0.29, 0.717) is 160 Å². The van der Waals surface area contributed by atoms with Crippen molar-refractivity contribution < 1.29 is 85.5 Å². The molecule has 7 aromatic rings. The lowest BCUT2D eigenvalue weighted by Gasteiger charge is -2.43. The molecule has 0 aliphatic carbocycles. The van der Waals surface area contributed by atoms with Gasteiger partial charge in [-0.05, 0) is 159 Å². The second kappa shape index (κ2) is 46.3. The Morgan fingerprint density at radius 3 is 1.13 bits per heavy atom. The molecule has 9 atom stereocenters. The molecule has 1 N–H and O–H groups in total. The highest BCUT2D eigenvalue weighted by Crippen LogP contribution is 2.45. The van der Waals surface area contributed by atoms with Gasteiger partial charge < -0.3 is 72.8 Å². The van der Waals surface area contributed by atoms with E-state index in [2.05, 4.69) is 95.6 Å². The fourth-order valence-corrected chi connectivity index (χ4v) is 20.8. The summed E-state index contributed by atoms with van der Waals surface area (Å²) in [6.07, 6.45) is 34.5. The van der Waals surface area contributed by atoms with Crippen molar-refractivity contribution in [1.82, 2.24) is 59.6 Å². The molecule has 13 aliphatic rings. The van der Waals surface area contributed by atoms with Crippen molar-refractivity contribution >= 4 is 70.6 Å². The summed E-state index contributed by atoms with van der Waals surface area (Å²) in [5.41, 5.74) is 1.81. The molecular weight excluding hydrogens is 1770 g/mol.